The molecule has 1 fully saturated rings. The van der Waals surface area contributed by atoms with E-state index in [-0.39, 0.29) is 11.9 Å². The van der Waals surface area contributed by atoms with Gasteiger partial charge in [0.1, 0.15) is 17.3 Å². The lowest BCUT2D eigenvalue weighted by Gasteiger charge is -2.17. The Morgan fingerprint density at radius 1 is 1.43 bits per heavy atom. The summed E-state index contributed by atoms with van der Waals surface area (Å²) in [6, 6.07) is 7.90. The number of rotatable bonds is 5. The molecule has 0 spiro atoms. The van der Waals surface area contributed by atoms with Crippen molar-refractivity contribution in [3.8, 4) is 0 Å². The van der Waals surface area contributed by atoms with Gasteiger partial charge in [-0.1, -0.05) is 18.5 Å². The van der Waals surface area contributed by atoms with Gasteiger partial charge in [0.15, 0.2) is 0 Å². The molecular formula is C16H18ClFN2O. The van der Waals surface area contributed by atoms with Crippen molar-refractivity contribution in [1.29, 1.82) is 0 Å². The Morgan fingerprint density at radius 2 is 2.19 bits per heavy atom. The molecule has 1 aromatic carbocycles. The molecule has 3 unspecified atom stereocenters. The molecule has 1 aliphatic rings. The lowest BCUT2D eigenvalue weighted by Crippen LogP contribution is -2.20. The molecule has 3 atom stereocenters. The second-order valence-electron chi connectivity index (χ2n) is 5.62. The molecule has 3 nitrogen and oxygen atoms in total. The van der Waals surface area contributed by atoms with Gasteiger partial charge in [-0.25, -0.2) is 4.39 Å². The maximum absolute atomic E-state index is 13.3. The topological polar surface area (TPSA) is 51.2 Å². The van der Waals surface area contributed by atoms with Crippen molar-refractivity contribution in [2.45, 2.75) is 25.3 Å². The van der Waals surface area contributed by atoms with E-state index in [0.29, 0.717) is 29.1 Å². The summed E-state index contributed by atoms with van der Waals surface area (Å²) in [5.74, 6) is 2.63. The summed E-state index contributed by atoms with van der Waals surface area (Å²) in [7, 11) is 0. The Kier molecular flexibility index (Phi) is 3.91. The van der Waals surface area contributed by atoms with E-state index in [1.807, 2.05) is 12.1 Å². The van der Waals surface area contributed by atoms with Gasteiger partial charge in [0, 0.05) is 12.5 Å². The quantitative estimate of drug-likeness (QED) is 0.865. The van der Waals surface area contributed by atoms with Crippen LogP contribution in [0, 0.1) is 11.7 Å². The van der Waals surface area contributed by atoms with E-state index in [0.717, 1.165) is 11.5 Å². The molecule has 0 amide bonds. The molecular weight excluding hydrogens is 291 g/mol. The van der Waals surface area contributed by atoms with Gasteiger partial charge in [-0.3, -0.25) is 0 Å². The summed E-state index contributed by atoms with van der Waals surface area (Å²) in [5, 5.41) is 3.60. The van der Waals surface area contributed by atoms with E-state index in [2.05, 4.69) is 12.2 Å². The van der Waals surface area contributed by atoms with Crippen LogP contribution in [-0.2, 0) is 0 Å². The standard InChI is InChI=1S/C16H18ClFN2O/c1-9-6-11(9)15-4-5-16(21-15)14(8-19)20-13-7-10(18)2-3-12(13)17/h2-5,7,9,11,14,20H,6,8,19H2,1H3. The fraction of sp³-hybridized carbons (Fsp3) is 0.375. The molecule has 112 valence electrons. The molecule has 1 saturated carbocycles. The minimum atomic E-state index is -0.343. The van der Waals surface area contributed by atoms with Crippen molar-refractivity contribution < 1.29 is 8.81 Å². The summed E-state index contributed by atoms with van der Waals surface area (Å²) in [6.45, 7) is 2.54. The fourth-order valence-electron chi connectivity index (χ4n) is 2.52. The third-order valence-electron chi connectivity index (χ3n) is 3.96. The Morgan fingerprint density at radius 3 is 2.86 bits per heavy atom. The third kappa shape index (κ3) is 3.06. The SMILES string of the molecule is CC1CC1c1ccc(C(CN)Nc2cc(F)ccc2Cl)o1. The van der Waals surface area contributed by atoms with Gasteiger partial charge in [-0.15, -0.1) is 0 Å². The second kappa shape index (κ2) is 5.70. The Hall–Kier alpha value is -1.52. The number of nitrogens with one attached hydrogen (secondary N) is 1. The zero-order valence-electron chi connectivity index (χ0n) is 11.8. The summed E-state index contributed by atoms with van der Waals surface area (Å²) in [5.41, 5.74) is 6.33. The molecule has 0 saturated heterocycles. The highest BCUT2D eigenvalue weighted by Gasteiger charge is 2.36. The number of benzene rings is 1. The van der Waals surface area contributed by atoms with Crippen LogP contribution in [0.4, 0.5) is 10.1 Å². The maximum Gasteiger partial charge on any atom is 0.127 e. The summed E-state index contributed by atoms with van der Waals surface area (Å²) in [6.07, 6.45) is 1.17. The number of hydrogen-bond donors (Lipinski definition) is 2. The van der Waals surface area contributed by atoms with Crippen molar-refractivity contribution in [2.75, 3.05) is 11.9 Å². The van der Waals surface area contributed by atoms with Gasteiger partial charge in [-0.2, -0.15) is 0 Å². The number of nitrogens with two attached hydrogens (primary N) is 1. The van der Waals surface area contributed by atoms with Crippen LogP contribution in [-0.4, -0.2) is 6.54 Å². The summed E-state index contributed by atoms with van der Waals surface area (Å²) >= 11 is 6.07. The molecule has 2 aromatic rings. The minimum Gasteiger partial charge on any atom is -0.464 e. The normalized spacial score (nSPS) is 22.1. The van der Waals surface area contributed by atoms with E-state index in [1.165, 1.54) is 24.6 Å². The van der Waals surface area contributed by atoms with Gasteiger partial charge in [0.25, 0.3) is 0 Å². The molecule has 21 heavy (non-hydrogen) atoms. The van der Waals surface area contributed by atoms with E-state index in [1.54, 1.807) is 0 Å². The van der Waals surface area contributed by atoms with Crippen molar-refractivity contribution in [3.63, 3.8) is 0 Å². The van der Waals surface area contributed by atoms with Crippen LogP contribution in [0.2, 0.25) is 5.02 Å². The first-order valence-corrected chi connectivity index (χ1v) is 7.47. The lowest BCUT2D eigenvalue weighted by molar-refractivity contribution is 0.441. The monoisotopic (exact) mass is 308 g/mol. The van der Waals surface area contributed by atoms with E-state index in [4.69, 9.17) is 21.8 Å². The van der Waals surface area contributed by atoms with Crippen molar-refractivity contribution in [1.82, 2.24) is 0 Å². The molecule has 1 heterocycles. The first-order chi connectivity index (χ1) is 10.1. The minimum absolute atomic E-state index is 0.230. The first kappa shape index (κ1) is 14.4. The molecule has 3 rings (SSSR count). The molecule has 1 aliphatic carbocycles. The number of anilines is 1. The lowest BCUT2D eigenvalue weighted by atomic mass is 10.2. The molecule has 3 N–H and O–H groups in total. The van der Waals surface area contributed by atoms with E-state index >= 15 is 0 Å². The van der Waals surface area contributed by atoms with Crippen molar-refractivity contribution in [3.05, 3.63) is 52.7 Å². The van der Waals surface area contributed by atoms with E-state index < -0.39 is 0 Å². The Bertz CT molecular complexity index is 643. The molecule has 0 aliphatic heterocycles. The molecule has 5 heteroatoms. The number of furan rings is 1. The van der Waals surface area contributed by atoms with Gasteiger partial charge in [-0.05, 0) is 42.7 Å². The average molecular weight is 309 g/mol. The highest BCUT2D eigenvalue weighted by atomic mass is 35.5. The van der Waals surface area contributed by atoms with Gasteiger partial charge in [0.2, 0.25) is 0 Å². The summed E-state index contributed by atoms with van der Waals surface area (Å²) in [4.78, 5) is 0. The summed E-state index contributed by atoms with van der Waals surface area (Å²) < 4.78 is 19.2. The highest BCUT2D eigenvalue weighted by molar-refractivity contribution is 6.33. The molecule has 1 aromatic heterocycles. The van der Waals surface area contributed by atoms with Gasteiger partial charge in [0.05, 0.1) is 16.8 Å². The molecule has 0 radical (unpaired) electrons. The zero-order valence-corrected chi connectivity index (χ0v) is 12.5. The highest BCUT2D eigenvalue weighted by Crippen LogP contribution is 2.47. The second-order valence-corrected chi connectivity index (χ2v) is 6.02. The number of halogens is 2. The molecule has 0 bridgehead atoms. The van der Waals surface area contributed by atoms with Gasteiger partial charge >= 0.3 is 0 Å². The first-order valence-electron chi connectivity index (χ1n) is 7.09. The maximum atomic E-state index is 13.3. The third-order valence-corrected chi connectivity index (χ3v) is 4.29. The van der Waals surface area contributed by atoms with Crippen LogP contribution < -0.4 is 11.1 Å². The van der Waals surface area contributed by atoms with Crippen molar-refractivity contribution in [2.24, 2.45) is 11.7 Å². The Labute approximate surface area is 128 Å². The van der Waals surface area contributed by atoms with Crippen LogP contribution in [0.25, 0.3) is 0 Å². The Balaban J connectivity index is 1.78. The van der Waals surface area contributed by atoms with Crippen LogP contribution in [0.5, 0.6) is 0 Å². The van der Waals surface area contributed by atoms with Crippen LogP contribution in [0.1, 0.15) is 36.8 Å². The fourth-order valence-corrected chi connectivity index (χ4v) is 2.69. The van der Waals surface area contributed by atoms with E-state index in [9.17, 15) is 4.39 Å². The van der Waals surface area contributed by atoms with Gasteiger partial charge < -0.3 is 15.5 Å². The van der Waals surface area contributed by atoms with Crippen LogP contribution in [0.3, 0.4) is 0 Å². The smallest absolute Gasteiger partial charge is 0.127 e. The zero-order chi connectivity index (χ0) is 15.0. The number of hydrogen-bond acceptors (Lipinski definition) is 3. The predicted molar refractivity (Wildman–Crippen MR) is 82.1 cm³/mol. The predicted octanol–water partition coefficient (Wildman–Crippen LogP) is 4.31. The van der Waals surface area contributed by atoms with Crippen molar-refractivity contribution >= 4 is 17.3 Å². The van der Waals surface area contributed by atoms with Crippen LogP contribution >= 0.6 is 11.6 Å². The van der Waals surface area contributed by atoms with Crippen LogP contribution in [0.15, 0.2) is 34.7 Å². The average Bonchev–Trinajstić information content (AvgIpc) is 3.01. The largest absolute Gasteiger partial charge is 0.464 e.